The highest BCUT2D eigenvalue weighted by Crippen LogP contribution is 2.24. The lowest BCUT2D eigenvalue weighted by Gasteiger charge is -2.13. The Hall–Kier alpha value is -3.58. The van der Waals surface area contributed by atoms with E-state index in [4.69, 9.17) is 10.1 Å². The Kier molecular flexibility index (Phi) is 6.95. The summed E-state index contributed by atoms with van der Waals surface area (Å²) < 4.78 is 32.4. The number of benzene rings is 1. The molecule has 1 heterocycles. The molecule has 0 aliphatic rings. The standard InChI is InChI=1S/C18H16F2N4O4/c1-10-3-4-14(12(19)7-10)22-17-11(8-13(20)15(9-21)23-17)18(26)24-28-6-5-16(25)27-2/h3-4,7-8H,5-6H2,1-2H3,(H,22,23)(H,24,26). The van der Waals surface area contributed by atoms with Crippen LogP contribution in [0.2, 0.25) is 0 Å². The van der Waals surface area contributed by atoms with Crippen LogP contribution in [0.15, 0.2) is 24.3 Å². The minimum Gasteiger partial charge on any atom is -0.469 e. The van der Waals surface area contributed by atoms with E-state index < -0.39 is 29.2 Å². The van der Waals surface area contributed by atoms with Crippen LogP contribution in [0, 0.1) is 29.9 Å². The fraction of sp³-hybridized carbons (Fsp3) is 0.222. The summed E-state index contributed by atoms with van der Waals surface area (Å²) in [6.45, 7) is 1.52. The molecule has 0 aliphatic carbocycles. The van der Waals surface area contributed by atoms with Crippen molar-refractivity contribution in [3.8, 4) is 6.07 Å². The van der Waals surface area contributed by atoms with Crippen molar-refractivity contribution in [3.63, 3.8) is 0 Å². The molecule has 1 aromatic heterocycles. The molecular formula is C18H16F2N4O4. The molecule has 28 heavy (non-hydrogen) atoms. The monoisotopic (exact) mass is 390 g/mol. The number of hydrogen-bond acceptors (Lipinski definition) is 7. The SMILES string of the molecule is COC(=O)CCONC(=O)c1cc(F)c(C#N)nc1Nc1ccc(C)cc1F. The van der Waals surface area contributed by atoms with E-state index in [2.05, 4.69) is 15.0 Å². The van der Waals surface area contributed by atoms with Gasteiger partial charge in [-0.1, -0.05) is 6.07 Å². The first-order valence-electron chi connectivity index (χ1n) is 7.98. The first-order chi connectivity index (χ1) is 13.3. The van der Waals surface area contributed by atoms with Gasteiger partial charge in [-0.05, 0) is 30.7 Å². The maximum atomic E-state index is 14.1. The van der Waals surface area contributed by atoms with Gasteiger partial charge in [-0.3, -0.25) is 14.4 Å². The first kappa shape index (κ1) is 20.7. The number of rotatable bonds is 7. The summed E-state index contributed by atoms with van der Waals surface area (Å²) in [6, 6.07) is 6.62. The van der Waals surface area contributed by atoms with E-state index in [1.54, 1.807) is 19.1 Å². The Morgan fingerprint density at radius 2 is 2.00 bits per heavy atom. The second-order valence-electron chi connectivity index (χ2n) is 5.54. The summed E-state index contributed by atoms with van der Waals surface area (Å²) in [5.74, 6) is -3.34. The summed E-state index contributed by atoms with van der Waals surface area (Å²) in [4.78, 5) is 31.9. The zero-order valence-corrected chi connectivity index (χ0v) is 15.0. The van der Waals surface area contributed by atoms with E-state index in [9.17, 15) is 18.4 Å². The maximum Gasteiger partial charge on any atom is 0.307 e. The number of esters is 1. The van der Waals surface area contributed by atoms with Crippen LogP contribution in [0.4, 0.5) is 20.3 Å². The average Bonchev–Trinajstić information content (AvgIpc) is 2.67. The highest BCUT2D eigenvalue weighted by Gasteiger charge is 2.19. The lowest BCUT2D eigenvalue weighted by molar-refractivity contribution is -0.142. The minimum atomic E-state index is -1.03. The molecule has 0 radical (unpaired) electrons. The number of aryl methyl sites for hydroxylation is 1. The van der Waals surface area contributed by atoms with Crippen LogP contribution in [0.5, 0.6) is 0 Å². The first-order valence-corrected chi connectivity index (χ1v) is 7.98. The molecule has 0 fully saturated rings. The molecule has 0 saturated carbocycles. The Morgan fingerprint density at radius 1 is 1.25 bits per heavy atom. The third-order valence-electron chi connectivity index (χ3n) is 3.50. The number of aromatic nitrogens is 1. The zero-order valence-electron chi connectivity index (χ0n) is 15.0. The van der Waals surface area contributed by atoms with E-state index >= 15 is 0 Å². The number of amides is 1. The van der Waals surface area contributed by atoms with Gasteiger partial charge in [-0.25, -0.2) is 19.2 Å². The lowest BCUT2D eigenvalue weighted by Crippen LogP contribution is -2.26. The lowest BCUT2D eigenvalue weighted by atomic mass is 10.2. The number of nitriles is 1. The number of carbonyl (C=O) groups excluding carboxylic acids is 2. The maximum absolute atomic E-state index is 14.1. The number of pyridine rings is 1. The Balaban J connectivity index is 2.25. The number of carbonyl (C=O) groups is 2. The van der Waals surface area contributed by atoms with Gasteiger partial charge in [0.2, 0.25) is 0 Å². The summed E-state index contributed by atoms with van der Waals surface area (Å²) in [5, 5.41) is 11.5. The summed E-state index contributed by atoms with van der Waals surface area (Å²) in [7, 11) is 1.20. The largest absolute Gasteiger partial charge is 0.469 e. The predicted molar refractivity (Wildman–Crippen MR) is 93.4 cm³/mol. The van der Waals surface area contributed by atoms with Crippen molar-refractivity contribution in [2.24, 2.45) is 0 Å². The van der Waals surface area contributed by atoms with E-state index in [1.165, 1.54) is 19.2 Å². The molecule has 0 spiro atoms. The molecule has 8 nitrogen and oxygen atoms in total. The Morgan fingerprint density at radius 3 is 2.64 bits per heavy atom. The Bertz CT molecular complexity index is 944. The van der Waals surface area contributed by atoms with Gasteiger partial charge in [0, 0.05) is 0 Å². The normalized spacial score (nSPS) is 10.1. The molecule has 0 bridgehead atoms. The van der Waals surface area contributed by atoms with Gasteiger partial charge in [0.1, 0.15) is 17.7 Å². The molecule has 0 unspecified atom stereocenters. The summed E-state index contributed by atoms with van der Waals surface area (Å²) in [5.41, 5.74) is 1.78. The molecule has 0 saturated heterocycles. The zero-order chi connectivity index (χ0) is 20.7. The molecule has 0 aliphatic heterocycles. The number of nitrogens with zero attached hydrogens (tertiary/aromatic N) is 2. The summed E-state index contributed by atoms with van der Waals surface area (Å²) in [6.07, 6.45) is -0.115. The van der Waals surface area contributed by atoms with E-state index in [1.807, 2.05) is 5.48 Å². The van der Waals surface area contributed by atoms with Crippen LogP contribution in [0.1, 0.15) is 28.0 Å². The van der Waals surface area contributed by atoms with Crippen LogP contribution < -0.4 is 10.8 Å². The van der Waals surface area contributed by atoms with Crippen LogP contribution in [0.25, 0.3) is 0 Å². The van der Waals surface area contributed by atoms with Crippen molar-refractivity contribution >= 4 is 23.4 Å². The van der Waals surface area contributed by atoms with Crippen molar-refractivity contribution in [1.29, 1.82) is 5.26 Å². The van der Waals surface area contributed by atoms with Crippen LogP contribution in [-0.2, 0) is 14.4 Å². The number of nitrogens with one attached hydrogen (secondary N) is 2. The number of halogens is 2. The quantitative estimate of drug-likeness (QED) is 0.424. The molecule has 0 atom stereocenters. The van der Waals surface area contributed by atoms with Gasteiger partial charge in [0.25, 0.3) is 5.91 Å². The Labute approximate surface area is 159 Å². The number of ether oxygens (including phenoxy) is 1. The molecule has 1 amide bonds. The third-order valence-corrected chi connectivity index (χ3v) is 3.50. The smallest absolute Gasteiger partial charge is 0.307 e. The van der Waals surface area contributed by atoms with Crippen LogP contribution in [0.3, 0.4) is 0 Å². The van der Waals surface area contributed by atoms with Crippen molar-refractivity contribution in [3.05, 3.63) is 52.7 Å². The second-order valence-corrected chi connectivity index (χ2v) is 5.54. The average molecular weight is 390 g/mol. The van der Waals surface area contributed by atoms with Crippen LogP contribution >= 0.6 is 0 Å². The molecule has 2 aromatic rings. The minimum absolute atomic E-state index is 0.0192. The number of hydroxylamine groups is 1. The van der Waals surface area contributed by atoms with Gasteiger partial charge in [-0.2, -0.15) is 5.26 Å². The van der Waals surface area contributed by atoms with Crippen LogP contribution in [-0.4, -0.2) is 30.6 Å². The molecule has 1 aromatic carbocycles. The van der Waals surface area contributed by atoms with E-state index in [-0.39, 0.29) is 30.1 Å². The molecule has 10 heteroatoms. The van der Waals surface area contributed by atoms with Gasteiger partial charge in [-0.15, -0.1) is 0 Å². The molecule has 2 N–H and O–H groups in total. The fourth-order valence-corrected chi connectivity index (χ4v) is 2.09. The highest BCUT2D eigenvalue weighted by atomic mass is 19.1. The van der Waals surface area contributed by atoms with Gasteiger partial charge in [0.15, 0.2) is 11.5 Å². The fourth-order valence-electron chi connectivity index (χ4n) is 2.09. The van der Waals surface area contributed by atoms with Crippen molar-refractivity contribution < 1.29 is 27.9 Å². The topological polar surface area (TPSA) is 113 Å². The number of anilines is 2. The number of hydrogen-bond donors (Lipinski definition) is 2. The van der Waals surface area contributed by atoms with Gasteiger partial charge in [0.05, 0.1) is 31.4 Å². The highest BCUT2D eigenvalue weighted by molar-refractivity contribution is 5.99. The van der Waals surface area contributed by atoms with E-state index in [0.717, 1.165) is 6.07 Å². The summed E-state index contributed by atoms with van der Waals surface area (Å²) >= 11 is 0. The van der Waals surface area contributed by atoms with Gasteiger partial charge >= 0.3 is 5.97 Å². The number of methoxy groups -OCH3 is 1. The molecule has 146 valence electrons. The second kappa shape index (κ2) is 9.38. The van der Waals surface area contributed by atoms with Crippen molar-refractivity contribution in [2.45, 2.75) is 13.3 Å². The van der Waals surface area contributed by atoms with Gasteiger partial charge < -0.3 is 10.1 Å². The van der Waals surface area contributed by atoms with E-state index in [0.29, 0.717) is 5.56 Å². The van der Waals surface area contributed by atoms with Crippen molar-refractivity contribution in [2.75, 3.05) is 19.0 Å². The molecule has 2 rings (SSSR count). The third kappa shape index (κ3) is 5.21. The van der Waals surface area contributed by atoms with Crippen molar-refractivity contribution in [1.82, 2.24) is 10.5 Å². The predicted octanol–water partition coefficient (Wildman–Crippen LogP) is 2.51. The molecular weight excluding hydrogens is 374 g/mol.